The summed E-state index contributed by atoms with van der Waals surface area (Å²) in [5.74, 6) is -2.26. The van der Waals surface area contributed by atoms with Crippen LogP contribution in [0.25, 0.3) is 0 Å². The minimum Gasteiger partial charge on any atom is -0.490 e. The minimum absolute atomic E-state index is 0.127. The average molecular weight is 278 g/mol. The molecule has 0 saturated heterocycles. The maximum Gasteiger partial charge on any atom is 0.320 e. The molecule has 1 aliphatic heterocycles. The first-order chi connectivity index (χ1) is 9.51. The van der Waals surface area contributed by atoms with Gasteiger partial charge in [0, 0.05) is 12.8 Å². The van der Waals surface area contributed by atoms with E-state index in [1.807, 2.05) is 25.1 Å². The van der Waals surface area contributed by atoms with Crippen LogP contribution >= 0.6 is 0 Å². The summed E-state index contributed by atoms with van der Waals surface area (Å²) in [4.78, 5) is 22.8. The van der Waals surface area contributed by atoms with Crippen LogP contribution in [-0.2, 0) is 20.7 Å². The van der Waals surface area contributed by atoms with E-state index in [9.17, 15) is 9.59 Å². The Hall–Kier alpha value is -2.04. The van der Waals surface area contributed by atoms with Gasteiger partial charge in [-0.2, -0.15) is 0 Å². The van der Waals surface area contributed by atoms with Gasteiger partial charge in [-0.15, -0.1) is 0 Å². The zero-order valence-electron chi connectivity index (χ0n) is 11.6. The van der Waals surface area contributed by atoms with Crippen molar-refractivity contribution in [2.75, 3.05) is 6.61 Å². The van der Waals surface area contributed by atoms with Gasteiger partial charge in [-0.05, 0) is 25.5 Å². The van der Waals surface area contributed by atoms with Gasteiger partial charge in [-0.1, -0.05) is 17.7 Å². The molecule has 0 aliphatic carbocycles. The third kappa shape index (κ3) is 3.10. The van der Waals surface area contributed by atoms with Crippen molar-refractivity contribution >= 4 is 11.9 Å². The Kier molecular flexibility index (Phi) is 4.27. The fraction of sp³-hybridized carbons (Fsp3) is 0.467. The third-order valence-corrected chi connectivity index (χ3v) is 3.33. The number of ether oxygens (including phenoxy) is 2. The topological polar surface area (TPSA) is 72.8 Å². The molecular formula is C15H18O5. The first-order valence-electron chi connectivity index (χ1n) is 6.67. The summed E-state index contributed by atoms with van der Waals surface area (Å²) in [7, 11) is 0. The van der Waals surface area contributed by atoms with Gasteiger partial charge in [0.25, 0.3) is 0 Å². The number of carboxylic acids is 1. The molecular weight excluding hydrogens is 260 g/mol. The van der Waals surface area contributed by atoms with Crippen LogP contribution in [-0.4, -0.2) is 29.8 Å². The summed E-state index contributed by atoms with van der Waals surface area (Å²) in [6.45, 7) is 3.82. The van der Waals surface area contributed by atoms with Crippen LogP contribution in [0.4, 0.5) is 0 Å². The number of benzene rings is 1. The second-order valence-corrected chi connectivity index (χ2v) is 4.93. The van der Waals surface area contributed by atoms with E-state index >= 15 is 0 Å². The Morgan fingerprint density at radius 3 is 2.90 bits per heavy atom. The number of carbonyl (C=O) groups excluding carboxylic acids is 1. The predicted octanol–water partition coefficient (Wildman–Crippen LogP) is 1.95. The molecule has 2 rings (SSSR count). The van der Waals surface area contributed by atoms with Gasteiger partial charge < -0.3 is 14.6 Å². The average Bonchev–Trinajstić information content (AvgIpc) is 2.77. The Morgan fingerprint density at radius 1 is 1.50 bits per heavy atom. The van der Waals surface area contributed by atoms with Gasteiger partial charge in [0.15, 0.2) is 5.92 Å². The van der Waals surface area contributed by atoms with Crippen molar-refractivity contribution in [3.63, 3.8) is 0 Å². The number of rotatable bonds is 5. The number of hydrogen-bond acceptors (Lipinski definition) is 4. The lowest BCUT2D eigenvalue weighted by atomic mass is 9.98. The van der Waals surface area contributed by atoms with E-state index in [1.54, 1.807) is 6.92 Å². The number of carbonyl (C=O) groups is 2. The number of esters is 1. The molecule has 0 saturated carbocycles. The van der Waals surface area contributed by atoms with Crippen molar-refractivity contribution in [2.45, 2.75) is 32.8 Å². The zero-order valence-corrected chi connectivity index (χ0v) is 11.6. The van der Waals surface area contributed by atoms with Gasteiger partial charge in [0.05, 0.1) is 6.61 Å². The second kappa shape index (κ2) is 5.94. The van der Waals surface area contributed by atoms with Crippen LogP contribution in [0, 0.1) is 12.8 Å². The molecule has 1 aromatic carbocycles. The summed E-state index contributed by atoms with van der Waals surface area (Å²) in [5.41, 5.74) is 2.19. The van der Waals surface area contributed by atoms with Crippen molar-refractivity contribution in [1.29, 1.82) is 0 Å². The molecule has 1 N–H and O–H groups in total. The van der Waals surface area contributed by atoms with E-state index in [1.165, 1.54) is 0 Å². The highest BCUT2D eigenvalue weighted by molar-refractivity contribution is 5.93. The summed E-state index contributed by atoms with van der Waals surface area (Å²) < 4.78 is 10.5. The molecule has 0 radical (unpaired) electrons. The molecule has 0 fully saturated rings. The van der Waals surface area contributed by atoms with Crippen LogP contribution < -0.4 is 4.74 Å². The van der Waals surface area contributed by atoms with Gasteiger partial charge >= 0.3 is 11.9 Å². The van der Waals surface area contributed by atoms with E-state index in [4.69, 9.17) is 14.6 Å². The van der Waals surface area contributed by atoms with Crippen molar-refractivity contribution in [3.05, 3.63) is 29.3 Å². The van der Waals surface area contributed by atoms with Gasteiger partial charge in [-0.25, -0.2) is 0 Å². The smallest absolute Gasteiger partial charge is 0.320 e. The fourth-order valence-corrected chi connectivity index (χ4v) is 2.38. The summed E-state index contributed by atoms with van der Waals surface area (Å²) in [5, 5.41) is 9.14. The van der Waals surface area contributed by atoms with Crippen LogP contribution in [0.3, 0.4) is 0 Å². The molecule has 5 nitrogen and oxygen atoms in total. The molecule has 20 heavy (non-hydrogen) atoms. The Bertz CT molecular complexity index is 523. The molecule has 1 aliphatic rings. The zero-order chi connectivity index (χ0) is 14.7. The van der Waals surface area contributed by atoms with Crippen LogP contribution in [0.15, 0.2) is 18.2 Å². The maximum atomic E-state index is 11.6. The SMILES string of the molecule is CCOC(=O)C(CC1Cc2cc(C)ccc2O1)C(=O)O. The molecule has 0 spiro atoms. The normalized spacial score (nSPS) is 18.0. The number of aliphatic carboxylic acids is 1. The third-order valence-electron chi connectivity index (χ3n) is 3.33. The van der Waals surface area contributed by atoms with E-state index in [2.05, 4.69) is 0 Å². The molecule has 0 bridgehead atoms. The Labute approximate surface area is 117 Å². The Balaban J connectivity index is 2.04. The monoisotopic (exact) mass is 278 g/mol. The van der Waals surface area contributed by atoms with Crippen LogP contribution in [0.1, 0.15) is 24.5 Å². The molecule has 108 valence electrons. The summed E-state index contributed by atoms with van der Waals surface area (Å²) >= 11 is 0. The van der Waals surface area contributed by atoms with Crippen LogP contribution in [0.2, 0.25) is 0 Å². The van der Waals surface area contributed by atoms with Crippen molar-refractivity contribution in [1.82, 2.24) is 0 Å². The molecule has 1 heterocycles. The van der Waals surface area contributed by atoms with Gasteiger partial charge in [0.1, 0.15) is 11.9 Å². The van der Waals surface area contributed by atoms with Gasteiger partial charge in [-0.3, -0.25) is 9.59 Å². The van der Waals surface area contributed by atoms with E-state index in [0.717, 1.165) is 16.9 Å². The fourth-order valence-electron chi connectivity index (χ4n) is 2.38. The number of fused-ring (bicyclic) bond motifs is 1. The maximum absolute atomic E-state index is 11.6. The highest BCUT2D eigenvalue weighted by Crippen LogP contribution is 2.32. The molecule has 1 aromatic rings. The first-order valence-corrected chi connectivity index (χ1v) is 6.67. The standard InChI is InChI=1S/C15H18O5/c1-3-19-15(18)12(14(16)17)8-11-7-10-6-9(2)4-5-13(10)20-11/h4-6,11-12H,3,7-8H2,1-2H3,(H,16,17). The molecule has 2 unspecified atom stereocenters. The lowest BCUT2D eigenvalue weighted by Crippen LogP contribution is -2.31. The van der Waals surface area contributed by atoms with Gasteiger partial charge in [0.2, 0.25) is 0 Å². The van der Waals surface area contributed by atoms with Crippen molar-refractivity contribution in [3.8, 4) is 5.75 Å². The van der Waals surface area contributed by atoms with E-state index < -0.39 is 17.9 Å². The number of aryl methyl sites for hydroxylation is 1. The molecule has 5 heteroatoms. The number of carboxylic acid groups (broad SMARTS) is 1. The Morgan fingerprint density at radius 2 is 2.25 bits per heavy atom. The van der Waals surface area contributed by atoms with E-state index in [0.29, 0.717) is 6.42 Å². The van der Waals surface area contributed by atoms with E-state index in [-0.39, 0.29) is 19.1 Å². The largest absolute Gasteiger partial charge is 0.490 e. The first kappa shape index (κ1) is 14.4. The highest BCUT2D eigenvalue weighted by Gasteiger charge is 2.34. The summed E-state index contributed by atoms with van der Waals surface area (Å²) in [6.07, 6.45) is 0.458. The lowest BCUT2D eigenvalue weighted by molar-refractivity contribution is -0.159. The lowest BCUT2D eigenvalue weighted by Gasteiger charge is -2.15. The minimum atomic E-state index is -1.17. The quantitative estimate of drug-likeness (QED) is 0.658. The molecule has 0 aromatic heterocycles. The van der Waals surface area contributed by atoms with Crippen LogP contribution in [0.5, 0.6) is 5.75 Å². The van der Waals surface area contributed by atoms with Crippen molar-refractivity contribution in [2.24, 2.45) is 5.92 Å². The molecule has 0 amide bonds. The summed E-state index contributed by atoms with van der Waals surface area (Å²) in [6, 6.07) is 5.85. The van der Waals surface area contributed by atoms with Crippen molar-refractivity contribution < 1.29 is 24.2 Å². The highest BCUT2D eigenvalue weighted by atomic mass is 16.5. The number of hydrogen-bond donors (Lipinski definition) is 1. The predicted molar refractivity (Wildman–Crippen MR) is 71.7 cm³/mol. The molecule has 2 atom stereocenters. The second-order valence-electron chi connectivity index (χ2n) is 4.93.